The molecule has 4 amide bonds. The lowest BCUT2D eigenvalue weighted by atomic mass is 10.0. The lowest BCUT2D eigenvalue weighted by molar-refractivity contribution is -0.137. The maximum absolute atomic E-state index is 13.8. The van der Waals surface area contributed by atoms with E-state index in [0.29, 0.717) is 29.0 Å². The van der Waals surface area contributed by atoms with Crippen molar-refractivity contribution < 1.29 is 28.7 Å². The summed E-state index contributed by atoms with van der Waals surface area (Å²) < 4.78 is 9.59. The number of benzene rings is 2. The summed E-state index contributed by atoms with van der Waals surface area (Å²) in [6.45, 7) is 7.65. The van der Waals surface area contributed by atoms with E-state index in [-0.39, 0.29) is 47.8 Å². The van der Waals surface area contributed by atoms with Crippen molar-refractivity contribution in [3.8, 4) is 33.8 Å². The van der Waals surface area contributed by atoms with Crippen LogP contribution in [-0.2, 0) is 19.1 Å². The van der Waals surface area contributed by atoms with Crippen molar-refractivity contribution in [1.82, 2.24) is 50.3 Å². The van der Waals surface area contributed by atoms with Crippen LogP contribution in [0.1, 0.15) is 77.1 Å². The summed E-state index contributed by atoms with van der Waals surface area (Å²) in [5, 5.41) is 5.46. The van der Waals surface area contributed by atoms with Gasteiger partial charge in [0.15, 0.2) is 0 Å². The van der Waals surface area contributed by atoms with Gasteiger partial charge in [0.05, 0.1) is 67.3 Å². The highest BCUT2D eigenvalue weighted by atomic mass is 16.5. The second-order valence-corrected chi connectivity index (χ2v) is 17.2. The van der Waals surface area contributed by atoms with Crippen LogP contribution in [0.4, 0.5) is 9.59 Å². The van der Waals surface area contributed by atoms with Crippen LogP contribution in [0.3, 0.4) is 0 Å². The molecule has 2 aliphatic carbocycles. The lowest BCUT2D eigenvalue weighted by Gasteiger charge is -2.31. The second-order valence-electron chi connectivity index (χ2n) is 17.2. The number of H-pyrrole nitrogens is 2. The molecule has 16 heteroatoms. The molecule has 0 bridgehead atoms. The molecule has 0 spiro atoms. The molecule has 0 radical (unpaired) electrons. The molecule has 2 saturated carbocycles. The molecule has 4 aliphatic rings. The molecule has 16 nitrogen and oxygen atoms in total. The maximum Gasteiger partial charge on any atom is 0.407 e. The van der Waals surface area contributed by atoms with E-state index < -0.39 is 24.3 Å². The largest absolute Gasteiger partial charge is 0.453 e. The van der Waals surface area contributed by atoms with Crippen LogP contribution < -0.4 is 10.6 Å². The molecule has 3 aromatic heterocycles. The molecule has 312 valence electrons. The van der Waals surface area contributed by atoms with E-state index in [1.54, 1.807) is 12.4 Å². The predicted molar refractivity (Wildman–Crippen MR) is 221 cm³/mol. The Morgan fingerprint density at radius 1 is 0.633 bits per heavy atom. The number of nitrogens with zero attached hydrogens (tertiary/aromatic N) is 6. The third kappa shape index (κ3) is 7.21. The SMILES string of the molecule is COC(=O)N[C@H](C(=O)N1[C@@H]2C[C@@H]2C[C@H]1c1ncc(-c2ccc(-c3ccc4nc(-c5cnc([C@@H]6C[C@H]7C[C@H]7N6C(=O)[C@@H](NC(=O)OC)C(C)C)[nH]5)cnc4c3)cc2)[nH]1)C(C)C. The van der Waals surface area contributed by atoms with Gasteiger partial charge in [-0.05, 0) is 78.2 Å². The van der Waals surface area contributed by atoms with Gasteiger partial charge in [-0.3, -0.25) is 14.6 Å². The molecule has 0 unspecified atom stereocenters. The quantitative estimate of drug-likeness (QED) is 0.120. The van der Waals surface area contributed by atoms with Crippen LogP contribution in [0.5, 0.6) is 0 Å². The Kier molecular flexibility index (Phi) is 10.0. The number of hydrogen-bond donors (Lipinski definition) is 4. The Bertz CT molecular complexity index is 2460. The molecular formula is C44H50N10O6. The van der Waals surface area contributed by atoms with E-state index in [0.717, 1.165) is 64.9 Å². The number of piperidine rings is 2. The molecule has 5 heterocycles. The Labute approximate surface area is 347 Å². The molecule has 5 aromatic rings. The number of amides is 4. The number of likely N-dealkylation sites (tertiary alicyclic amines) is 2. The first-order chi connectivity index (χ1) is 28.9. The second kappa shape index (κ2) is 15.4. The number of methoxy groups -OCH3 is 2. The van der Waals surface area contributed by atoms with Gasteiger partial charge in [0.25, 0.3) is 0 Å². The zero-order chi connectivity index (χ0) is 42.0. The molecular weight excluding hydrogens is 765 g/mol. The van der Waals surface area contributed by atoms with E-state index in [1.165, 1.54) is 14.2 Å². The number of fused-ring (bicyclic) bond motifs is 3. The summed E-state index contributed by atoms with van der Waals surface area (Å²) in [4.78, 5) is 81.5. The molecule has 9 rings (SSSR count). The van der Waals surface area contributed by atoms with Crippen molar-refractivity contribution in [2.75, 3.05) is 14.2 Å². The number of alkyl carbamates (subject to hydrolysis) is 2. The molecule has 2 aromatic carbocycles. The van der Waals surface area contributed by atoms with Crippen LogP contribution in [0, 0.1) is 23.7 Å². The molecule has 2 aliphatic heterocycles. The van der Waals surface area contributed by atoms with Crippen molar-refractivity contribution in [1.29, 1.82) is 0 Å². The minimum atomic E-state index is -0.700. The number of hydrogen-bond acceptors (Lipinski definition) is 10. The Morgan fingerprint density at radius 2 is 1.13 bits per heavy atom. The fourth-order valence-corrected chi connectivity index (χ4v) is 9.21. The van der Waals surface area contributed by atoms with Crippen molar-refractivity contribution in [3.05, 3.63) is 72.7 Å². The summed E-state index contributed by atoms with van der Waals surface area (Å²) in [5.41, 5.74) is 6.68. The number of nitrogens with one attached hydrogen (secondary N) is 4. The number of aromatic nitrogens is 6. The first-order valence-corrected chi connectivity index (χ1v) is 20.7. The molecule has 60 heavy (non-hydrogen) atoms. The zero-order valence-corrected chi connectivity index (χ0v) is 34.5. The van der Waals surface area contributed by atoms with Crippen LogP contribution >= 0.6 is 0 Å². The number of imidazole rings is 2. The van der Waals surface area contributed by atoms with E-state index >= 15 is 0 Å². The van der Waals surface area contributed by atoms with E-state index in [4.69, 9.17) is 29.4 Å². The number of carbonyl (C=O) groups excluding carboxylic acids is 4. The van der Waals surface area contributed by atoms with Crippen molar-refractivity contribution >= 4 is 35.0 Å². The van der Waals surface area contributed by atoms with Crippen molar-refractivity contribution in [2.45, 2.75) is 89.6 Å². The summed E-state index contributed by atoms with van der Waals surface area (Å²) in [7, 11) is 2.59. The Balaban J connectivity index is 0.880. The highest BCUT2D eigenvalue weighted by Crippen LogP contribution is 2.54. The molecule has 4 N–H and O–H groups in total. The first-order valence-electron chi connectivity index (χ1n) is 20.7. The summed E-state index contributed by atoms with van der Waals surface area (Å²) in [6, 6.07) is 12.7. The maximum atomic E-state index is 13.8. The van der Waals surface area contributed by atoms with Crippen molar-refractivity contribution in [2.24, 2.45) is 23.7 Å². The van der Waals surface area contributed by atoms with Gasteiger partial charge in [0, 0.05) is 12.1 Å². The van der Waals surface area contributed by atoms with Crippen LogP contribution in [-0.4, -0.2) is 102 Å². The van der Waals surface area contributed by atoms with E-state index in [9.17, 15) is 19.2 Å². The Hall–Kier alpha value is -6.32. The van der Waals surface area contributed by atoms with E-state index in [2.05, 4.69) is 32.7 Å². The topological polar surface area (TPSA) is 200 Å². The summed E-state index contributed by atoms with van der Waals surface area (Å²) in [6.07, 6.45) is 7.60. The fraction of sp³-hybridized carbons (Fsp3) is 0.455. The monoisotopic (exact) mass is 814 g/mol. The third-order valence-electron chi connectivity index (χ3n) is 12.7. The van der Waals surface area contributed by atoms with Gasteiger partial charge in [-0.15, -0.1) is 0 Å². The summed E-state index contributed by atoms with van der Waals surface area (Å²) >= 11 is 0. The van der Waals surface area contributed by atoms with E-state index in [1.807, 2.05) is 74.0 Å². The number of rotatable bonds is 11. The number of aromatic amines is 2. The average molecular weight is 815 g/mol. The minimum absolute atomic E-state index is 0.104. The smallest absolute Gasteiger partial charge is 0.407 e. The standard InChI is InChI=1S/C44H50N10O6/c1-21(2)37(51-43(57)59-5)41(55)53-33-14-26(33)16-35(53)39-46-18-30(49-39)24-9-7-23(8-10-24)25-11-12-28-29(13-25)45-19-31(48-28)32-20-47-40(50-32)36-17-27-15-34(27)54(36)42(56)38(22(3)4)52-44(58)60-6/h7-13,18-22,26-27,33-38H,14-17H2,1-6H3,(H,46,49)(H,47,50)(H,51,57)(H,52,58)/t26-,27-,33-,34-,35+,36+,37+,38+/m1/s1. The van der Waals surface area contributed by atoms with Crippen LogP contribution in [0.2, 0.25) is 0 Å². The van der Waals surface area contributed by atoms with Gasteiger partial charge in [-0.1, -0.05) is 58.0 Å². The van der Waals surface area contributed by atoms with Gasteiger partial charge in [-0.2, -0.15) is 0 Å². The van der Waals surface area contributed by atoms with Crippen LogP contribution in [0.15, 0.2) is 61.1 Å². The van der Waals surface area contributed by atoms with Gasteiger partial charge in [0.2, 0.25) is 11.8 Å². The van der Waals surface area contributed by atoms with Crippen LogP contribution in [0.25, 0.3) is 44.8 Å². The van der Waals surface area contributed by atoms with Crippen molar-refractivity contribution in [3.63, 3.8) is 0 Å². The first kappa shape index (κ1) is 39.2. The lowest BCUT2D eigenvalue weighted by Crippen LogP contribution is -2.52. The minimum Gasteiger partial charge on any atom is -0.453 e. The van der Waals surface area contributed by atoms with Gasteiger partial charge < -0.3 is 39.9 Å². The normalized spacial score (nSPS) is 23.6. The Morgan fingerprint density at radius 3 is 1.67 bits per heavy atom. The number of ether oxygens (including phenoxy) is 2. The van der Waals surface area contributed by atoms with Gasteiger partial charge >= 0.3 is 12.2 Å². The van der Waals surface area contributed by atoms with Gasteiger partial charge in [0.1, 0.15) is 29.4 Å². The van der Waals surface area contributed by atoms with Gasteiger partial charge in [-0.25, -0.2) is 24.5 Å². The zero-order valence-electron chi connectivity index (χ0n) is 34.5. The number of carbonyl (C=O) groups is 4. The molecule has 2 saturated heterocycles. The molecule has 4 fully saturated rings. The highest BCUT2D eigenvalue weighted by molar-refractivity contribution is 5.88. The third-order valence-corrected chi connectivity index (χ3v) is 12.7. The highest BCUT2D eigenvalue weighted by Gasteiger charge is 2.57. The fourth-order valence-electron chi connectivity index (χ4n) is 9.21. The predicted octanol–water partition coefficient (Wildman–Crippen LogP) is 6.16. The summed E-state index contributed by atoms with van der Waals surface area (Å²) in [5.74, 6) is 1.84. The molecule has 8 atom stereocenters. The average Bonchev–Trinajstić information content (AvgIpc) is 3.83.